The molecule has 2 amide bonds. The van der Waals surface area contributed by atoms with Crippen molar-refractivity contribution in [3.8, 4) is 0 Å². The summed E-state index contributed by atoms with van der Waals surface area (Å²) in [6, 6.07) is 8.53. The molecule has 4 rings (SSSR count). The van der Waals surface area contributed by atoms with Gasteiger partial charge in [-0.1, -0.05) is 45.0 Å². The lowest BCUT2D eigenvalue weighted by Crippen LogP contribution is -2.53. The first-order valence-electron chi connectivity index (χ1n) is 13.1. The van der Waals surface area contributed by atoms with Crippen molar-refractivity contribution in [2.75, 3.05) is 26.2 Å². The molecule has 2 aliphatic heterocycles. The molecule has 0 saturated carbocycles. The van der Waals surface area contributed by atoms with Crippen LogP contribution in [0.1, 0.15) is 97.7 Å². The van der Waals surface area contributed by atoms with Gasteiger partial charge in [0.25, 0.3) is 0 Å². The zero-order chi connectivity index (χ0) is 23.6. The molecular weight excluding hydrogens is 410 g/mol. The van der Waals surface area contributed by atoms with Gasteiger partial charge in [0, 0.05) is 14.9 Å². The molecule has 0 radical (unpaired) electrons. The molecule has 33 heavy (non-hydrogen) atoms. The van der Waals surface area contributed by atoms with Crippen LogP contribution >= 0.6 is 0 Å². The summed E-state index contributed by atoms with van der Waals surface area (Å²) in [7, 11) is 0. The summed E-state index contributed by atoms with van der Waals surface area (Å²) < 4.78 is 0. The summed E-state index contributed by atoms with van der Waals surface area (Å²) in [5, 5.41) is 3.35. The van der Waals surface area contributed by atoms with Crippen LogP contribution in [-0.2, 0) is 15.0 Å². The van der Waals surface area contributed by atoms with Gasteiger partial charge in [0.15, 0.2) is 0 Å². The van der Waals surface area contributed by atoms with Crippen molar-refractivity contribution in [3.63, 3.8) is 0 Å². The van der Waals surface area contributed by atoms with Crippen molar-refractivity contribution in [1.82, 2.24) is 15.1 Å². The fraction of sp³-hybridized carbons (Fsp3) is 0.714. The van der Waals surface area contributed by atoms with Crippen LogP contribution in [0.3, 0.4) is 0 Å². The molecule has 2 saturated heterocycles. The number of amides is 2. The Bertz CT molecular complexity index is 857. The van der Waals surface area contributed by atoms with Crippen LogP contribution in [0.5, 0.6) is 0 Å². The maximum absolute atomic E-state index is 13.2. The number of piperidine rings is 2. The van der Waals surface area contributed by atoms with Gasteiger partial charge in [-0.05, 0) is 93.0 Å². The smallest absolute Gasteiger partial charge is 0.243 e. The lowest BCUT2D eigenvalue weighted by molar-refractivity contribution is -0.141. The highest BCUT2D eigenvalue weighted by atomic mass is 16.2. The highest BCUT2D eigenvalue weighted by Gasteiger charge is 2.43. The Morgan fingerprint density at radius 1 is 1.06 bits per heavy atom. The number of fused-ring (bicyclic) bond motifs is 2. The average Bonchev–Trinajstić information content (AvgIpc) is 2.80. The van der Waals surface area contributed by atoms with Crippen molar-refractivity contribution in [2.45, 2.75) is 96.6 Å². The number of nitrogens with zero attached hydrogens (tertiary/aromatic N) is 2. The van der Waals surface area contributed by atoms with Gasteiger partial charge < -0.3 is 15.1 Å². The normalized spacial score (nSPS) is 25.5. The zero-order valence-corrected chi connectivity index (χ0v) is 21.2. The summed E-state index contributed by atoms with van der Waals surface area (Å²) in [5.41, 5.74) is 3.37. The molecule has 3 aliphatic rings. The molecule has 1 N–H and O–H groups in total. The van der Waals surface area contributed by atoms with E-state index in [1.807, 2.05) is 0 Å². The first-order valence-corrected chi connectivity index (χ1v) is 13.1. The monoisotopic (exact) mass is 455 g/mol. The van der Waals surface area contributed by atoms with Crippen molar-refractivity contribution in [1.29, 1.82) is 0 Å². The molecule has 0 aromatic heterocycles. The Balaban J connectivity index is 0.00000324. The van der Waals surface area contributed by atoms with Crippen LogP contribution < -0.4 is 5.32 Å². The molecule has 2 atom stereocenters. The minimum Gasteiger partial charge on any atom is -0.347 e. The number of nitrogens with one attached hydrogen (secondary N) is 1. The van der Waals surface area contributed by atoms with Crippen molar-refractivity contribution >= 4 is 11.8 Å². The number of benzene rings is 1. The first-order chi connectivity index (χ1) is 15.7. The molecule has 2 heterocycles. The number of hydrogen-bond donors (Lipinski definition) is 1. The van der Waals surface area contributed by atoms with E-state index in [1.54, 1.807) is 11.8 Å². The third kappa shape index (κ3) is 5.45. The quantitative estimate of drug-likeness (QED) is 0.691. The second kappa shape index (κ2) is 9.77. The van der Waals surface area contributed by atoms with E-state index in [4.69, 9.17) is 0 Å². The van der Waals surface area contributed by atoms with Gasteiger partial charge in [0.05, 0.1) is 6.04 Å². The standard InChI is InChI=1S/C28H43N3O2.H2/c1-21(32)31-17-8-7-11-25(31)26(33)29-24-12-13-28(23-10-6-5-9-22(23)24)15-19-30(20-16-28)18-14-27(2,3)4;/h5-6,9-10,24-25H,7-8,11-20H2,1-4H3,(H,29,33);1H/t24-,25?;/m1./s1. The Labute approximate surface area is 201 Å². The molecule has 1 aromatic rings. The third-order valence-electron chi connectivity index (χ3n) is 8.34. The number of carbonyl (C=O) groups excluding carboxylic acids is 2. The van der Waals surface area contributed by atoms with Gasteiger partial charge in [-0.25, -0.2) is 0 Å². The number of carbonyl (C=O) groups is 2. The molecular formula is C28H45N3O2. The Morgan fingerprint density at radius 3 is 2.48 bits per heavy atom. The van der Waals surface area contributed by atoms with E-state index in [0.29, 0.717) is 12.0 Å². The summed E-state index contributed by atoms with van der Waals surface area (Å²) in [4.78, 5) is 29.7. The molecule has 1 unspecified atom stereocenters. The van der Waals surface area contributed by atoms with Gasteiger partial charge in [-0.15, -0.1) is 0 Å². The average molecular weight is 456 g/mol. The highest BCUT2D eigenvalue weighted by molar-refractivity contribution is 5.87. The third-order valence-corrected chi connectivity index (χ3v) is 8.34. The maximum Gasteiger partial charge on any atom is 0.243 e. The van der Waals surface area contributed by atoms with E-state index in [-0.39, 0.29) is 30.7 Å². The van der Waals surface area contributed by atoms with Gasteiger partial charge in [-0.2, -0.15) is 0 Å². The van der Waals surface area contributed by atoms with Crippen LogP contribution in [-0.4, -0.2) is 53.8 Å². The van der Waals surface area contributed by atoms with Crippen LogP contribution in [0.2, 0.25) is 0 Å². The number of likely N-dealkylation sites (tertiary alicyclic amines) is 2. The lowest BCUT2D eigenvalue weighted by Gasteiger charge is -2.48. The predicted molar refractivity (Wildman–Crippen MR) is 135 cm³/mol. The second-order valence-electron chi connectivity index (χ2n) is 11.8. The minimum atomic E-state index is -0.314. The molecule has 184 valence electrons. The summed E-state index contributed by atoms with van der Waals surface area (Å²) in [6.07, 6.45) is 8.53. The van der Waals surface area contributed by atoms with Gasteiger partial charge in [-0.3, -0.25) is 9.59 Å². The van der Waals surface area contributed by atoms with Crippen LogP contribution in [0.4, 0.5) is 0 Å². The molecule has 1 aromatic carbocycles. The SMILES string of the molecule is CC(=O)N1CCCCC1C(=O)N[C@@H]1CCC2(CCN(CCC(C)(C)C)CC2)c2ccccc21.[HH]. The topological polar surface area (TPSA) is 52.7 Å². The molecule has 5 heteroatoms. The Morgan fingerprint density at radius 2 is 1.79 bits per heavy atom. The zero-order valence-electron chi connectivity index (χ0n) is 21.2. The fourth-order valence-electron chi connectivity index (χ4n) is 6.21. The van der Waals surface area contributed by atoms with Gasteiger partial charge in [0.1, 0.15) is 6.04 Å². The number of rotatable bonds is 4. The number of hydrogen-bond acceptors (Lipinski definition) is 3. The van der Waals surface area contributed by atoms with Gasteiger partial charge in [0.2, 0.25) is 11.8 Å². The van der Waals surface area contributed by atoms with Crippen LogP contribution in [0, 0.1) is 5.41 Å². The second-order valence-corrected chi connectivity index (χ2v) is 11.8. The van der Waals surface area contributed by atoms with Crippen molar-refractivity contribution in [2.24, 2.45) is 5.41 Å². The molecule has 1 spiro atoms. The molecule has 2 fully saturated rings. The van der Waals surface area contributed by atoms with Crippen LogP contribution in [0.15, 0.2) is 24.3 Å². The minimum absolute atomic E-state index is 0. The highest BCUT2D eigenvalue weighted by Crippen LogP contribution is 2.48. The fourth-order valence-corrected chi connectivity index (χ4v) is 6.21. The van der Waals surface area contributed by atoms with E-state index in [9.17, 15) is 9.59 Å². The van der Waals surface area contributed by atoms with Crippen molar-refractivity contribution in [3.05, 3.63) is 35.4 Å². The molecule has 1 aliphatic carbocycles. The molecule has 0 bridgehead atoms. The summed E-state index contributed by atoms with van der Waals surface area (Å²) in [5.74, 6) is 0.0359. The van der Waals surface area contributed by atoms with E-state index >= 15 is 0 Å². The van der Waals surface area contributed by atoms with Crippen molar-refractivity contribution < 1.29 is 11.0 Å². The van der Waals surface area contributed by atoms with E-state index in [1.165, 1.54) is 36.9 Å². The Hall–Kier alpha value is -1.88. The summed E-state index contributed by atoms with van der Waals surface area (Å²) in [6.45, 7) is 12.8. The van der Waals surface area contributed by atoms with Crippen LogP contribution in [0.25, 0.3) is 0 Å². The summed E-state index contributed by atoms with van der Waals surface area (Å²) >= 11 is 0. The molecule has 5 nitrogen and oxygen atoms in total. The predicted octanol–water partition coefficient (Wildman–Crippen LogP) is 5.05. The maximum atomic E-state index is 13.2. The van der Waals surface area contributed by atoms with E-state index in [0.717, 1.165) is 45.2 Å². The largest absolute Gasteiger partial charge is 0.347 e. The van der Waals surface area contributed by atoms with Gasteiger partial charge >= 0.3 is 0 Å². The van der Waals surface area contributed by atoms with E-state index < -0.39 is 0 Å². The Kier molecular flexibility index (Phi) is 7.18. The first kappa shape index (κ1) is 24.3. The van der Waals surface area contributed by atoms with E-state index in [2.05, 4.69) is 55.3 Å². The lowest BCUT2D eigenvalue weighted by atomic mass is 9.63.